The number of benzene rings is 1. The Bertz CT molecular complexity index is 412. The number of rotatable bonds is 3. The summed E-state index contributed by atoms with van der Waals surface area (Å²) >= 11 is 2.92. The molecule has 0 aromatic heterocycles. The van der Waals surface area contributed by atoms with Crippen LogP contribution in [-0.4, -0.2) is 13.1 Å². The van der Waals surface area contributed by atoms with Gasteiger partial charge in [0, 0.05) is 11.6 Å². The molecule has 6 heteroatoms. The van der Waals surface area contributed by atoms with Gasteiger partial charge in [-0.05, 0) is 28.1 Å². The van der Waals surface area contributed by atoms with Gasteiger partial charge in [0.15, 0.2) is 0 Å². The topological polar surface area (TPSA) is 52.3 Å². The Balaban J connectivity index is 3.03. The van der Waals surface area contributed by atoms with Crippen molar-refractivity contribution in [1.29, 1.82) is 0 Å². The standard InChI is InChI=1S/C10H10BrF2NO2/c1-16-8(15)4-7(14)9-6(12)3-2-5(11)10(9)13/h2-3,7H,4,14H2,1H3/t7-/m1/s1. The third kappa shape index (κ3) is 2.76. The normalized spacial score (nSPS) is 12.3. The van der Waals surface area contributed by atoms with E-state index in [1.807, 2.05) is 0 Å². The minimum atomic E-state index is -1.06. The number of hydrogen-bond donors (Lipinski definition) is 1. The van der Waals surface area contributed by atoms with Crippen LogP contribution in [0.5, 0.6) is 0 Å². The Morgan fingerprint density at radius 2 is 2.19 bits per heavy atom. The van der Waals surface area contributed by atoms with E-state index in [1.165, 1.54) is 13.2 Å². The van der Waals surface area contributed by atoms with E-state index < -0.39 is 23.6 Å². The van der Waals surface area contributed by atoms with E-state index in [-0.39, 0.29) is 16.5 Å². The molecule has 0 saturated heterocycles. The second-order valence-electron chi connectivity index (χ2n) is 3.14. The fourth-order valence-corrected chi connectivity index (χ4v) is 1.59. The smallest absolute Gasteiger partial charge is 0.307 e. The monoisotopic (exact) mass is 293 g/mol. The van der Waals surface area contributed by atoms with Gasteiger partial charge in [0.05, 0.1) is 18.0 Å². The number of ether oxygens (including phenoxy) is 1. The molecule has 0 fully saturated rings. The Labute approximate surface area is 99.7 Å². The van der Waals surface area contributed by atoms with Crippen LogP contribution in [0.3, 0.4) is 0 Å². The molecule has 0 aliphatic heterocycles. The molecule has 0 aliphatic rings. The SMILES string of the molecule is COC(=O)C[C@@H](N)c1c(F)ccc(Br)c1F. The summed E-state index contributed by atoms with van der Waals surface area (Å²) in [5.74, 6) is -2.19. The molecule has 1 aromatic rings. The minimum Gasteiger partial charge on any atom is -0.469 e. The predicted octanol–water partition coefficient (Wildman–Crippen LogP) is 2.29. The number of carbonyl (C=O) groups is 1. The summed E-state index contributed by atoms with van der Waals surface area (Å²) in [5.41, 5.74) is 5.22. The lowest BCUT2D eigenvalue weighted by Gasteiger charge is -2.13. The van der Waals surface area contributed by atoms with Crippen molar-refractivity contribution in [2.45, 2.75) is 12.5 Å². The Morgan fingerprint density at radius 1 is 1.56 bits per heavy atom. The van der Waals surface area contributed by atoms with E-state index in [2.05, 4.69) is 20.7 Å². The number of carbonyl (C=O) groups excluding carboxylic acids is 1. The first-order valence-electron chi connectivity index (χ1n) is 4.43. The lowest BCUT2D eigenvalue weighted by atomic mass is 10.0. The summed E-state index contributed by atoms with van der Waals surface area (Å²) in [6, 6.07) is 1.25. The van der Waals surface area contributed by atoms with Crippen LogP contribution >= 0.6 is 15.9 Å². The molecule has 0 bridgehead atoms. The molecule has 1 atom stereocenters. The van der Waals surface area contributed by atoms with Crippen LogP contribution in [0.15, 0.2) is 16.6 Å². The highest BCUT2D eigenvalue weighted by Crippen LogP contribution is 2.27. The van der Waals surface area contributed by atoms with E-state index in [1.54, 1.807) is 0 Å². The van der Waals surface area contributed by atoms with Crippen LogP contribution in [0.25, 0.3) is 0 Å². The van der Waals surface area contributed by atoms with Crippen LogP contribution < -0.4 is 5.73 Å². The summed E-state index contributed by atoms with van der Waals surface area (Å²) in [6.45, 7) is 0. The van der Waals surface area contributed by atoms with Crippen molar-refractivity contribution >= 4 is 21.9 Å². The number of esters is 1. The number of nitrogens with two attached hydrogens (primary N) is 1. The maximum atomic E-state index is 13.5. The Kier molecular flexibility index (Phi) is 4.37. The van der Waals surface area contributed by atoms with Crippen molar-refractivity contribution in [2.24, 2.45) is 5.73 Å². The molecule has 1 rings (SSSR count). The molecule has 0 saturated carbocycles. The van der Waals surface area contributed by atoms with Crippen molar-refractivity contribution in [2.75, 3.05) is 7.11 Å². The predicted molar refractivity (Wildman–Crippen MR) is 57.6 cm³/mol. The van der Waals surface area contributed by atoms with E-state index in [0.717, 1.165) is 6.07 Å². The average molecular weight is 294 g/mol. The zero-order valence-corrected chi connectivity index (χ0v) is 10.1. The van der Waals surface area contributed by atoms with Crippen molar-refractivity contribution in [3.8, 4) is 0 Å². The quantitative estimate of drug-likeness (QED) is 0.687. The summed E-state index contributed by atoms with van der Waals surface area (Å²) in [7, 11) is 1.18. The summed E-state index contributed by atoms with van der Waals surface area (Å²) < 4.78 is 31.4. The first-order chi connectivity index (χ1) is 7.47. The van der Waals surface area contributed by atoms with Crippen LogP contribution in [0.1, 0.15) is 18.0 Å². The maximum Gasteiger partial charge on any atom is 0.307 e. The molecule has 0 aliphatic carbocycles. The molecular formula is C10H10BrF2NO2. The molecule has 0 heterocycles. The number of halogens is 3. The van der Waals surface area contributed by atoms with E-state index in [0.29, 0.717) is 0 Å². The minimum absolute atomic E-state index is 0.101. The van der Waals surface area contributed by atoms with Gasteiger partial charge in [0.2, 0.25) is 0 Å². The van der Waals surface area contributed by atoms with Gasteiger partial charge in [-0.15, -0.1) is 0 Å². The van der Waals surface area contributed by atoms with E-state index in [9.17, 15) is 13.6 Å². The van der Waals surface area contributed by atoms with Gasteiger partial charge < -0.3 is 10.5 Å². The molecule has 3 nitrogen and oxygen atoms in total. The highest BCUT2D eigenvalue weighted by Gasteiger charge is 2.21. The van der Waals surface area contributed by atoms with Gasteiger partial charge in [-0.1, -0.05) is 0 Å². The Hall–Kier alpha value is -1.01. The lowest BCUT2D eigenvalue weighted by molar-refractivity contribution is -0.141. The second kappa shape index (κ2) is 5.36. The molecule has 2 N–H and O–H groups in total. The van der Waals surface area contributed by atoms with E-state index in [4.69, 9.17) is 5.73 Å². The number of hydrogen-bond acceptors (Lipinski definition) is 3. The zero-order valence-electron chi connectivity index (χ0n) is 8.47. The molecule has 0 unspecified atom stereocenters. The highest BCUT2D eigenvalue weighted by atomic mass is 79.9. The first kappa shape index (κ1) is 13.1. The van der Waals surface area contributed by atoms with Crippen LogP contribution in [-0.2, 0) is 9.53 Å². The van der Waals surface area contributed by atoms with Crippen LogP contribution in [0.4, 0.5) is 8.78 Å². The molecule has 88 valence electrons. The van der Waals surface area contributed by atoms with Crippen molar-refractivity contribution in [3.05, 3.63) is 33.8 Å². The third-order valence-electron chi connectivity index (χ3n) is 2.06. The third-order valence-corrected chi connectivity index (χ3v) is 2.68. The van der Waals surface area contributed by atoms with Crippen molar-refractivity contribution < 1.29 is 18.3 Å². The second-order valence-corrected chi connectivity index (χ2v) is 4.00. The molecular weight excluding hydrogens is 284 g/mol. The fraction of sp³-hybridized carbons (Fsp3) is 0.300. The van der Waals surface area contributed by atoms with Crippen molar-refractivity contribution in [3.63, 3.8) is 0 Å². The van der Waals surface area contributed by atoms with Gasteiger partial charge in [-0.25, -0.2) is 8.78 Å². The van der Waals surface area contributed by atoms with Crippen LogP contribution in [0, 0.1) is 11.6 Å². The Morgan fingerprint density at radius 3 is 2.75 bits per heavy atom. The van der Waals surface area contributed by atoms with E-state index >= 15 is 0 Å². The molecule has 0 radical (unpaired) electrons. The summed E-state index contributed by atoms with van der Waals surface area (Å²) in [4.78, 5) is 10.9. The van der Waals surface area contributed by atoms with Crippen LogP contribution in [0.2, 0.25) is 0 Å². The molecule has 16 heavy (non-hydrogen) atoms. The molecule has 0 amide bonds. The number of methoxy groups -OCH3 is 1. The fourth-order valence-electron chi connectivity index (χ4n) is 1.25. The van der Waals surface area contributed by atoms with Gasteiger partial charge in [0.1, 0.15) is 11.6 Å². The van der Waals surface area contributed by atoms with Crippen molar-refractivity contribution in [1.82, 2.24) is 0 Å². The first-order valence-corrected chi connectivity index (χ1v) is 5.22. The maximum absolute atomic E-state index is 13.5. The zero-order chi connectivity index (χ0) is 12.3. The summed E-state index contributed by atoms with van der Waals surface area (Å²) in [6.07, 6.45) is -0.277. The largest absolute Gasteiger partial charge is 0.469 e. The molecule has 1 aromatic carbocycles. The van der Waals surface area contributed by atoms with Gasteiger partial charge in [0.25, 0.3) is 0 Å². The van der Waals surface area contributed by atoms with Gasteiger partial charge in [-0.2, -0.15) is 0 Å². The molecule has 0 spiro atoms. The lowest BCUT2D eigenvalue weighted by Crippen LogP contribution is -2.19. The highest BCUT2D eigenvalue weighted by molar-refractivity contribution is 9.10. The van der Waals surface area contributed by atoms with Gasteiger partial charge >= 0.3 is 5.97 Å². The summed E-state index contributed by atoms with van der Waals surface area (Å²) in [5, 5.41) is 0. The average Bonchev–Trinajstić information content (AvgIpc) is 2.24. The van der Waals surface area contributed by atoms with Gasteiger partial charge in [-0.3, -0.25) is 4.79 Å².